The molecule has 1 saturated carbocycles. The number of nitrogens with zero attached hydrogens (tertiary/aromatic N) is 1. The minimum atomic E-state index is -0.851. The van der Waals surface area contributed by atoms with Crippen molar-refractivity contribution >= 4 is 0 Å². The Morgan fingerprint density at radius 2 is 2.27 bits per heavy atom. The van der Waals surface area contributed by atoms with Crippen LogP contribution in [-0.4, -0.2) is 11.2 Å². The quantitative estimate of drug-likeness (QED) is 0.559. The first kappa shape index (κ1) is 12.3. The van der Waals surface area contributed by atoms with E-state index in [0.717, 1.165) is 6.42 Å². The van der Waals surface area contributed by atoms with Crippen LogP contribution in [0.2, 0.25) is 0 Å². The fraction of sp³-hybridized carbons (Fsp3) is 0.769. The molecule has 0 aromatic rings. The van der Waals surface area contributed by atoms with Crippen molar-refractivity contribution in [2.45, 2.75) is 46.1 Å². The third kappa shape index (κ3) is 2.41. The van der Waals surface area contributed by atoms with Gasteiger partial charge in [-0.15, -0.1) is 0 Å². The van der Waals surface area contributed by atoms with Gasteiger partial charge in [0.2, 0.25) is 0 Å². The third-order valence-corrected chi connectivity index (χ3v) is 4.17. The normalized spacial score (nSPS) is 32.1. The van der Waals surface area contributed by atoms with Crippen LogP contribution in [0.5, 0.6) is 0 Å². The predicted octanol–water partition coefficient (Wildman–Crippen LogP) is 2.89. The number of aliphatic hydroxyl groups is 1. The lowest BCUT2D eigenvalue weighted by atomic mass is 9.60. The van der Waals surface area contributed by atoms with E-state index in [-0.39, 0.29) is 11.3 Å². The second-order valence-corrected chi connectivity index (χ2v) is 5.35. The molecule has 1 rings (SSSR count). The first-order chi connectivity index (χ1) is 6.89. The van der Waals surface area contributed by atoms with E-state index in [0.29, 0.717) is 12.3 Å². The lowest BCUT2D eigenvalue weighted by Crippen LogP contribution is -2.37. The Hall–Kier alpha value is -0.810. The van der Waals surface area contributed by atoms with Crippen LogP contribution in [-0.2, 0) is 0 Å². The van der Waals surface area contributed by atoms with Gasteiger partial charge in [-0.25, -0.2) is 0 Å². The van der Waals surface area contributed by atoms with Crippen LogP contribution in [0.1, 0.15) is 40.0 Å². The van der Waals surface area contributed by atoms with Gasteiger partial charge < -0.3 is 5.11 Å². The zero-order valence-corrected chi connectivity index (χ0v) is 9.95. The Labute approximate surface area is 92.6 Å². The van der Waals surface area contributed by atoms with Crippen molar-refractivity contribution in [3.05, 3.63) is 12.2 Å². The maximum Gasteiger partial charge on any atom is 0.141 e. The molecule has 15 heavy (non-hydrogen) atoms. The Morgan fingerprint density at radius 3 is 2.80 bits per heavy atom. The number of rotatable bonds is 2. The van der Waals surface area contributed by atoms with Crippen molar-refractivity contribution < 1.29 is 5.11 Å². The van der Waals surface area contributed by atoms with Crippen LogP contribution in [0.15, 0.2) is 12.2 Å². The van der Waals surface area contributed by atoms with Gasteiger partial charge in [0.1, 0.15) is 6.10 Å². The summed E-state index contributed by atoms with van der Waals surface area (Å²) >= 11 is 0. The Bertz CT molecular complexity index is 287. The molecule has 0 radical (unpaired) electrons. The molecule has 1 fully saturated rings. The molecule has 0 amide bonds. The molecule has 84 valence electrons. The summed E-state index contributed by atoms with van der Waals surface area (Å²) in [5.41, 5.74) is 1.35. The Morgan fingerprint density at radius 1 is 1.67 bits per heavy atom. The highest BCUT2D eigenvalue weighted by Crippen LogP contribution is 2.48. The molecule has 1 aliphatic rings. The first-order valence-corrected chi connectivity index (χ1v) is 5.65. The fourth-order valence-electron chi connectivity index (χ4n) is 2.56. The van der Waals surface area contributed by atoms with Crippen molar-refractivity contribution in [2.75, 3.05) is 0 Å². The topological polar surface area (TPSA) is 44.0 Å². The molecular weight excluding hydrogens is 186 g/mol. The molecule has 1 N–H and O–H groups in total. The second kappa shape index (κ2) is 4.37. The van der Waals surface area contributed by atoms with E-state index in [9.17, 15) is 5.11 Å². The molecular formula is C13H21NO. The highest BCUT2D eigenvalue weighted by Gasteiger charge is 2.40. The highest BCUT2D eigenvalue weighted by molar-refractivity contribution is 5.12. The smallest absolute Gasteiger partial charge is 0.141 e. The van der Waals surface area contributed by atoms with Gasteiger partial charge in [0.05, 0.1) is 6.07 Å². The van der Waals surface area contributed by atoms with Gasteiger partial charge in [-0.3, -0.25) is 0 Å². The minimum absolute atomic E-state index is 0.146. The summed E-state index contributed by atoms with van der Waals surface area (Å²) in [5.74, 6) is 0.898. The molecule has 3 unspecified atom stereocenters. The van der Waals surface area contributed by atoms with Gasteiger partial charge in [-0.1, -0.05) is 32.9 Å². The first-order valence-electron chi connectivity index (χ1n) is 5.65. The van der Waals surface area contributed by atoms with E-state index < -0.39 is 6.10 Å². The van der Waals surface area contributed by atoms with Crippen molar-refractivity contribution in [1.29, 1.82) is 5.26 Å². The molecule has 3 atom stereocenters. The van der Waals surface area contributed by atoms with Gasteiger partial charge in [0.15, 0.2) is 0 Å². The van der Waals surface area contributed by atoms with Crippen LogP contribution in [0.25, 0.3) is 0 Å². The molecule has 0 aliphatic heterocycles. The molecule has 0 heterocycles. The Balaban J connectivity index is 2.82. The lowest BCUT2D eigenvalue weighted by molar-refractivity contribution is 0.0759. The van der Waals surface area contributed by atoms with Crippen LogP contribution in [0, 0.1) is 28.6 Å². The maximum absolute atomic E-state index is 9.44. The fourth-order valence-corrected chi connectivity index (χ4v) is 2.56. The number of allylic oxidation sites excluding steroid dienone is 1. The van der Waals surface area contributed by atoms with Crippen molar-refractivity contribution in [3.63, 3.8) is 0 Å². The van der Waals surface area contributed by atoms with Crippen LogP contribution in [0.3, 0.4) is 0 Å². The molecule has 0 bridgehead atoms. The summed E-state index contributed by atoms with van der Waals surface area (Å²) in [6.45, 7) is 10.8. The van der Waals surface area contributed by atoms with Crippen LogP contribution < -0.4 is 0 Å². The number of hydrogen-bond donors (Lipinski definition) is 1. The summed E-state index contributed by atoms with van der Waals surface area (Å²) in [7, 11) is 0. The summed E-state index contributed by atoms with van der Waals surface area (Å²) in [6.07, 6.45) is 1.89. The van der Waals surface area contributed by atoms with Crippen LogP contribution >= 0.6 is 0 Å². The van der Waals surface area contributed by atoms with E-state index in [1.54, 1.807) is 0 Å². The standard InChI is InChI=1S/C13H21NO/c1-9-5-6-10(2)13(3,4)12(9)7-11(15)8-14/h10-12,15H,1,5-7H2,2-4H3. The van der Waals surface area contributed by atoms with Gasteiger partial charge >= 0.3 is 0 Å². The van der Waals surface area contributed by atoms with E-state index in [4.69, 9.17) is 5.26 Å². The summed E-state index contributed by atoms with van der Waals surface area (Å²) in [6, 6.07) is 1.90. The summed E-state index contributed by atoms with van der Waals surface area (Å²) < 4.78 is 0. The summed E-state index contributed by atoms with van der Waals surface area (Å²) in [5, 5.41) is 18.1. The molecule has 0 spiro atoms. The minimum Gasteiger partial charge on any atom is -0.378 e. The van der Waals surface area contributed by atoms with Crippen molar-refractivity contribution in [1.82, 2.24) is 0 Å². The largest absolute Gasteiger partial charge is 0.378 e. The SMILES string of the molecule is C=C1CCC(C)C(C)(C)C1CC(O)C#N. The van der Waals surface area contributed by atoms with E-state index >= 15 is 0 Å². The van der Waals surface area contributed by atoms with E-state index in [1.165, 1.54) is 12.0 Å². The molecule has 2 nitrogen and oxygen atoms in total. The lowest BCUT2D eigenvalue weighted by Gasteiger charge is -2.45. The molecule has 1 aliphatic carbocycles. The average molecular weight is 207 g/mol. The van der Waals surface area contributed by atoms with Crippen molar-refractivity contribution in [3.8, 4) is 6.07 Å². The van der Waals surface area contributed by atoms with Crippen LogP contribution in [0.4, 0.5) is 0 Å². The van der Waals surface area contributed by atoms with E-state index in [2.05, 4.69) is 27.4 Å². The summed E-state index contributed by atoms with van der Waals surface area (Å²) in [4.78, 5) is 0. The van der Waals surface area contributed by atoms with Gasteiger partial charge in [-0.2, -0.15) is 5.26 Å². The van der Waals surface area contributed by atoms with Gasteiger partial charge in [0.25, 0.3) is 0 Å². The molecule has 0 saturated heterocycles. The van der Waals surface area contributed by atoms with Gasteiger partial charge in [-0.05, 0) is 36.5 Å². The third-order valence-electron chi connectivity index (χ3n) is 4.17. The maximum atomic E-state index is 9.44. The van der Waals surface area contributed by atoms with E-state index in [1.807, 2.05) is 6.07 Å². The monoisotopic (exact) mass is 207 g/mol. The zero-order chi connectivity index (χ0) is 11.6. The van der Waals surface area contributed by atoms with Crippen molar-refractivity contribution in [2.24, 2.45) is 17.3 Å². The van der Waals surface area contributed by atoms with Gasteiger partial charge in [0, 0.05) is 0 Å². The number of aliphatic hydroxyl groups excluding tert-OH is 1. The predicted molar refractivity (Wildman–Crippen MR) is 61.0 cm³/mol. The average Bonchev–Trinajstić information content (AvgIpc) is 2.19. The molecule has 0 aromatic carbocycles. The molecule has 0 aromatic heterocycles. The Kier molecular flexibility index (Phi) is 3.57. The second-order valence-electron chi connectivity index (χ2n) is 5.35. The molecule has 2 heteroatoms. The number of hydrogen-bond acceptors (Lipinski definition) is 2. The highest BCUT2D eigenvalue weighted by atomic mass is 16.3. The zero-order valence-electron chi connectivity index (χ0n) is 9.95. The number of nitriles is 1.